The van der Waals surface area contributed by atoms with Gasteiger partial charge in [-0.1, -0.05) is 38.8 Å². The largest absolute Gasteiger partial charge is 0.491 e. The summed E-state index contributed by atoms with van der Waals surface area (Å²) < 4.78 is 6.25. The number of rotatable bonds is 4. The molecule has 0 aliphatic carbocycles. The highest BCUT2D eigenvalue weighted by Crippen LogP contribution is 2.24. The van der Waals surface area contributed by atoms with Crippen molar-refractivity contribution >= 4 is 11.8 Å². The molecule has 2 heterocycles. The number of fused-ring (bicyclic) bond motifs is 1. The lowest BCUT2D eigenvalue weighted by Crippen LogP contribution is -2.45. The average molecular weight is 453 g/mol. The molecule has 1 aromatic carbocycles. The summed E-state index contributed by atoms with van der Waals surface area (Å²) >= 11 is 0. The van der Waals surface area contributed by atoms with Crippen molar-refractivity contribution in [3.8, 4) is 5.75 Å². The third-order valence-corrected chi connectivity index (χ3v) is 6.04. The van der Waals surface area contributed by atoms with Crippen molar-refractivity contribution in [2.75, 3.05) is 26.2 Å². The topological polar surface area (TPSA) is 75.6 Å². The van der Waals surface area contributed by atoms with Crippen LogP contribution in [0.4, 0.5) is 0 Å². The molecule has 0 radical (unpaired) electrons. The van der Waals surface area contributed by atoms with Crippen LogP contribution in [0.3, 0.4) is 0 Å². The zero-order chi connectivity index (χ0) is 23.6. The second-order valence-corrected chi connectivity index (χ2v) is 8.98. The van der Waals surface area contributed by atoms with Gasteiger partial charge in [0.2, 0.25) is 0 Å². The van der Waals surface area contributed by atoms with Gasteiger partial charge in [-0.15, -0.1) is 0 Å². The van der Waals surface area contributed by atoms with Gasteiger partial charge >= 0.3 is 0 Å². The summed E-state index contributed by atoms with van der Waals surface area (Å²) in [6.07, 6.45) is 7.68. The lowest BCUT2D eigenvalue weighted by Gasteiger charge is -2.33. The Kier molecular flexibility index (Phi) is 9.22. The minimum Gasteiger partial charge on any atom is -0.491 e. The van der Waals surface area contributed by atoms with Gasteiger partial charge in [0, 0.05) is 25.8 Å². The Morgan fingerprint density at radius 2 is 1.88 bits per heavy atom. The van der Waals surface area contributed by atoms with Gasteiger partial charge in [-0.05, 0) is 50.3 Å². The summed E-state index contributed by atoms with van der Waals surface area (Å²) in [7, 11) is 0. The Bertz CT molecular complexity index is 903. The van der Waals surface area contributed by atoms with Crippen LogP contribution in [0, 0.1) is 5.92 Å². The second kappa shape index (κ2) is 12.3. The molecule has 0 N–H and O–H groups in total. The van der Waals surface area contributed by atoms with Crippen LogP contribution in [-0.2, 0) is 0 Å². The minimum atomic E-state index is -0.124. The lowest BCUT2D eigenvalue weighted by atomic mass is 10.0. The maximum Gasteiger partial charge on any atom is 0.272 e. The van der Waals surface area contributed by atoms with Crippen molar-refractivity contribution in [1.29, 1.82) is 0 Å². The van der Waals surface area contributed by atoms with E-state index in [4.69, 9.17) is 4.74 Å². The number of hydrogen-bond acceptors (Lipinski definition) is 5. The molecule has 1 atom stereocenters. The molecule has 3 rings (SSSR count). The van der Waals surface area contributed by atoms with Crippen LogP contribution in [0.2, 0.25) is 0 Å². The molecule has 0 spiro atoms. The molecule has 1 aliphatic heterocycles. The van der Waals surface area contributed by atoms with Gasteiger partial charge in [-0.2, -0.15) is 0 Å². The van der Waals surface area contributed by atoms with E-state index in [0.29, 0.717) is 42.6 Å². The summed E-state index contributed by atoms with van der Waals surface area (Å²) in [5.41, 5.74) is 0.974. The zero-order valence-electron chi connectivity index (χ0n) is 20.1. The Hall–Kier alpha value is -2.96. The number of benzene rings is 1. The maximum atomic E-state index is 13.4. The van der Waals surface area contributed by atoms with E-state index in [0.717, 1.165) is 38.6 Å². The van der Waals surface area contributed by atoms with Crippen molar-refractivity contribution in [1.82, 2.24) is 19.8 Å². The summed E-state index contributed by atoms with van der Waals surface area (Å²) in [4.78, 5) is 38.6. The van der Waals surface area contributed by atoms with E-state index >= 15 is 0 Å². The molecule has 178 valence electrons. The fourth-order valence-electron chi connectivity index (χ4n) is 4.31. The summed E-state index contributed by atoms with van der Waals surface area (Å²) in [5, 5.41) is 0. The maximum absolute atomic E-state index is 13.4. The van der Waals surface area contributed by atoms with E-state index in [1.807, 2.05) is 41.0 Å². The van der Waals surface area contributed by atoms with Crippen molar-refractivity contribution in [3.05, 3.63) is 54.1 Å². The summed E-state index contributed by atoms with van der Waals surface area (Å²) in [5.74, 6) is 0.853. The zero-order valence-corrected chi connectivity index (χ0v) is 20.1. The second-order valence-electron chi connectivity index (χ2n) is 8.98. The highest BCUT2D eigenvalue weighted by Gasteiger charge is 2.28. The van der Waals surface area contributed by atoms with Gasteiger partial charge in [0.1, 0.15) is 24.4 Å². The standard InChI is InChI=1S/C26H36N4O3/c1-4-29-15-9-5-6-10-16-30(26(32)23-13-14-27-19-28-23)21(17-20(2)3)18-33-24-12-8-7-11-22(24)25(29)31/h7-8,11-14,19-21H,4-6,9-10,15-18H2,1-3H3/t21-/m0/s1. The molecule has 33 heavy (non-hydrogen) atoms. The van der Waals surface area contributed by atoms with Crippen molar-refractivity contribution in [2.24, 2.45) is 5.92 Å². The van der Waals surface area contributed by atoms with Crippen molar-refractivity contribution in [2.45, 2.75) is 58.9 Å². The molecule has 2 aromatic rings. The smallest absolute Gasteiger partial charge is 0.272 e. The van der Waals surface area contributed by atoms with Crippen LogP contribution in [0.25, 0.3) is 0 Å². The van der Waals surface area contributed by atoms with Crippen molar-refractivity contribution < 1.29 is 14.3 Å². The lowest BCUT2D eigenvalue weighted by molar-refractivity contribution is 0.0560. The number of carbonyl (C=O) groups excluding carboxylic acids is 2. The Balaban J connectivity index is 1.92. The van der Waals surface area contributed by atoms with E-state index in [2.05, 4.69) is 23.8 Å². The molecule has 1 aromatic heterocycles. The highest BCUT2D eigenvalue weighted by molar-refractivity contribution is 5.97. The predicted octanol–water partition coefficient (Wildman–Crippen LogP) is 4.45. The molecule has 2 amide bonds. The van der Waals surface area contributed by atoms with Gasteiger partial charge in [-0.25, -0.2) is 9.97 Å². The summed E-state index contributed by atoms with van der Waals surface area (Å²) in [6.45, 7) is 8.69. The predicted molar refractivity (Wildman–Crippen MR) is 128 cm³/mol. The third-order valence-electron chi connectivity index (χ3n) is 6.04. The van der Waals surface area contributed by atoms with Crippen LogP contribution in [0.15, 0.2) is 42.9 Å². The molecule has 0 bridgehead atoms. The molecule has 1 aliphatic rings. The highest BCUT2D eigenvalue weighted by atomic mass is 16.5. The van der Waals surface area contributed by atoms with Crippen LogP contribution in [-0.4, -0.2) is 63.9 Å². The number of para-hydroxylation sites is 1. The van der Waals surface area contributed by atoms with Gasteiger partial charge in [0.15, 0.2) is 0 Å². The van der Waals surface area contributed by atoms with E-state index in [1.165, 1.54) is 6.33 Å². The Labute approximate surface area is 197 Å². The molecule has 0 saturated heterocycles. The van der Waals surface area contributed by atoms with Crippen LogP contribution >= 0.6 is 0 Å². The van der Waals surface area contributed by atoms with Crippen molar-refractivity contribution in [3.63, 3.8) is 0 Å². The van der Waals surface area contributed by atoms with E-state index in [1.54, 1.807) is 12.3 Å². The Morgan fingerprint density at radius 1 is 1.12 bits per heavy atom. The Morgan fingerprint density at radius 3 is 2.58 bits per heavy atom. The van der Waals surface area contributed by atoms with Gasteiger partial charge in [0.25, 0.3) is 11.8 Å². The van der Waals surface area contributed by atoms with Crippen LogP contribution in [0.5, 0.6) is 5.75 Å². The van der Waals surface area contributed by atoms with E-state index < -0.39 is 0 Å². The van der Waals surface area contributed by atoms with Gasteiger partial charge in [-0.3, -0.25) is 9.59 Å². The molecule has 0 unspecified atom stereocenters. The molecule has 7 nitrogen and oxygen atoms in total. The fraction of sp³-hybridized carbons (Fsp3) is 0.538. The van der Waals surface area contributed by atoms with Crippen LogP contribution < -0.4 is 4.74 Å². The molecule has 7 heteroatoms. The molecule has 0 saturated carbocycles. The summed E-state index contributed by atoms with van der Waals surface area (Å²) in [6, 6.07) is 8.96. The van der Waals surface area contributed by atoms with Crippen LogP contribution in [0.1, 0.15) is 73.7 Å². The monoisotopic (exact) mass is 452 g/mol. The van der Waals surface area contributed by atoms with Gasteiger partial charge < -0.3 is 14.5 Å². The third kappa shape index (κ3) is 6.76. The first-order valence-electron chi connectivity index (χ1n) is 12.1. The molecular weight excluding hydrogens is 416 g/mol. The van der Waals surface area contributed by atoms with Gasteiger partial charge in [0.05, 0.1) is 11.6 Å². The first-order chi connectivity index (χ1) is 16.0. The average Bonchev–Trinajstić information content (AvgIpc) is 2.83. The first kappa shape index (κ1) is 24.7. The number of nitrogens with zero attached hydrogens (tertiary/aromatic N) is 4. The van der Waals surface area contributed by atoms with E-state index in [-0.39, 0.29) is 17.9 Å². The van der Waals surface area contributed by atoms with E-state index in [9.17, 15) is 9.59 Å². The first-order valence-corrected chi connectivity index (χ1v) is 12.1. The normalized spacial score (nSPS) is 18.4. The molecular formula is C26H36N4O3. The minimum absolute atomic E-state index is 0.000475. The molecule has 0 fully saturated rings. The number of aromatic nitrogens is 2. The number of ether oxygens (including phenoxy) is 1. The number of hydrogen-bond donors (Lipinski definition) is 0. The number of carbonyl (C=O) groups is 2. The number of amides is 2. The SMILES string of the molecule is CCN1CCCCCCN(C(=O)c2ccncn2)[C@@H](CC(C)C)COc2ccccc2C1=O. The fourth-order valence-corrected chi connectivity index (χ4v) is 4.31. The quantitative estimate of drug-likeness (QED) is 0.685.